The Balaban J connectivity index is 1.76. The summed E-state index contributed by atoms with van der Waals surface area (Å²) in [6.07, 6.45) is 2.68. The summed E-state index contributed by atoms with van der Waals surface area (Å²) in [6.45, 7) is 3.49. The predicted molar refractivity (Wildman–Crippen MR) is 92.7 cm³/mol. The number of amides is 1. The van der Waals surface area contributed by atoms with Crippen LogP contribution < -0.4 is 5.11 Å². The molecule has 3 rings (SSSR count). The van der Waals surface area contributed by atoms with Crippen molar-refractivity contribution >= 4 is 21.9 Å². The van der Waals surface area contributed by atoms with E-state index in [2.05, 4.69) is 6.92 Å². The van der Waals surface area contributed by atoms with Gasteiger partial charge in [-0.3, -0.25) is 4.79 Å². The number of rotatable bonds is 4. The second-order valence-electron chi connectivity index (χ2n) is 7.09. The van der Waals surface area contributed by atoms with Gasteiger partial charge >= 0.3 is 0 Å². The molecule has 0 N–H and O–H groups in total. The minimum absolute atomic E-state index is 0.154. The van der Waals surface area contributed by atoms with Crippen LogP contribution >= 0.6 is 0 Å². The average Bonchev–Trinajstić information content (AvgIpc) is 3.11. The highest BCUT2D eigenvalue weighted by molar-refractivity contribution is 7.89. The quantitative estimate of drug-likeness (QED) is 0.757. The van der Waals surface area contributed by atoms with Gasteiger partial charge in [-0.15, -0.1) is 0 Å². The summed E-state index contributed by atoms with van der Waals surface area (Å²) in [5, 5.41) is 11.1. The van der Waals surface area contributed by atoms with E-state index >= 15 is 0 Å². The van der Waals surface area contributed by atoms with Gasteiger partial charge in [-0.2, -0.15) is 4.31 Å². The number of likely N-dealkylation sites (tertiary alicyclic amines) is 1. The first-order valence-corrected chi connectivity index (χ1v) is 10.4. The van der Waals surface area contributed by atoms with Gasteiger partial charge in [0.05, 0.1) is 16.9 Å². The Morgan fingerprint density at radius 1 is 1.04 bits per heavy atom. The van der Waals surface area contributed by atoms with Gasteiger partial charge in [0.15, 0.2) is 0 Å². The maximum atomic E-state index is 12.7. The Kier molecular flexibility index (Phi) is 5.34. The van der Waals surface area contributed by atoms with Crippen LogP contribution in [-0.2, 0) is 14.8 Å². The molecule has 2 saturated heterocycles. The van der Waals surface area contributed by atoms with Crippen LogP contribution in [-0.4, -0.2) is 55.2 Å². The molecule has 1 aromatic carbocycles. The summed E-state index contributed by atoms with van der Waals surface area (Å²) >= 11 is 0. The molecule has 1 amide bonds. The van der Waals surface area contributed by atoms with E-state index in [1.165, 1.54) is 33.5 Å². The highest BCUT2D eigenvalue weighted by Gasteiger charge is 2.31. The zero-order valence-electron chi connectivity index (χ0n) is 14.8. The highest BCUT2D eigenvalue weighted by atomic mass is 32.2. The summed E-state index contributed by atoms with van der Waals surface area (Å²) < 4.78 is 26.9. The molecule has 1 aromatic rings. The molecule has 8 heteroatoms. The fraction of sp³-hybridized carbons (Fsp3) is 0.556. The molecule has 2 fully saturated rings. The van der Waals surface area contributed by atoms with Crippen LogP contribution in [0.15, 0.2) is 29.2 Å². The lowest BCUT2D eigenvalue weighted by molar-refractivity contribution is -0.310. The average molecular weight is 379 g/mol. The van der Waals surface area contributed by atoms with Crippen LogP contribution in [0.3, 0.4) is 0 Å². The van der Waals surface area contributed by atoms with Crippen LogP contribution in [0.5, 0.6) is 0 Å². The number of carbonyl (C=O) groups excluding carboxylic acids is 2. The van der Waals surface area contributed by atoms with Crippen molar-refractivity contribution < 1.29 is 23.1 Å². The summed E-state index contributed by atoms with van der Waals surface area (Å²) in [7, 11) is -3.57. The molecule has 7 nitrogen and oxygen atoms in total. The maximum absolute atomic E-state index is 12.7. The SMILES string of the molecule is CC1CCN(S(=O)(=O)c2ccc(C(=O)N3CCC[C@H]3C(=O)[O-])cc2)CC1. The number of carbonyl (C=O) groups is 2. The zero-order chi connectivity index (χ0) is 18.9. The molecule has 0 saturated carbocycles. The largest absolute Gasteiger partial charge is 0.548 e. The first-order chi connectivity index (χ1) is 12.3. The number of aliphatic carboxylic acids is 1. The number of carboxylic acids is 1. The van der Waals surface area contributed by atoms with E-state index in [4.69, 9.17) is 0 Å². The third-order valence-electron chi connectivity index (χ3n) is 5.27. The van der Waals surface area contributed by atoms with Crippen LogP contribution in [0, 0.1) is 5.92 Å². The fourth-order valence-electron chi connectivity index (χ4n) is 3.56. The van der Waals surface area contributed by atoms with Crippen molar-refractivity contribution in [2.75, 3.05) is 19.6 Å². The minimum Gasteiger partial charge on any atom is -0.548 e. The van der Waals surface area contributed by atoms with Crippen molar-refractivity contribution in [1.29, 1.82) is 0 Å². The normalized spacial score (nSPS) is 22.5. The van der Waals surface area contributed by atoms with Crippen LogP contribution in [0.1, 0.15) is 43.0 Å². The third kappa shape index (κ3) is 3.61. The van der Waals surface area contributed by atoms with Gasteiger partial charge in [0.25, 0.3) is 5.91 Å². The first-order valence-electron chi connectivity index (χ1n) is 8.93. The molecular weight excluding hydrogens is 356 g/mol. The Bertz CT molecular complexity index is 782. The Morgan fingerprint density at radius 3 is 2.23 bits per heavy atom. The molecule has 1 atom stereocenters. The molecule has 26 heavy (non-hydrogen) atoms. The molecule has 2 heterocycles. The summed E-state index contributed by atoms with van der Waals surface area (Å²) in [5.74, 6) is -1.14. The first kappa shape index (κ1) is 18.8. The van der Waals surface area contributed by atoms with E-state index in [-0.39, 0.29) is 10.5 Å². The second-order valence-corrected chi connectivity index (χ2v) is 9.02. The number of hydrogen-bond acceptors (Lipinski definition) is 5. The van der Waals surface area contributed by atoms with Gasteiger partial charge in [-0.05, 0) is 55.9 Å². The molecular formula is C18H23N2O5S-. The van der Waals surface area contributed by atoms with E-state index in [9.17, 15) is 23.1 Å². The molecule has 2 aliphatic rings. The minimum atomic E-state index is -3.57. The van der Waals surface area contributed by atoms with Gasteiger partial charge in [-0.25, -0.2) is 8.42 Å². The smallest absolute Gasteiger partial charge is 0.254 e. The molecule has 0 unspecified atom stereocenters. The van der Waals surface area contributed by atoms with Crippen molar-refractivity contribution in [1.82, 2.24) is 9.21 Å². The predicted octanol–water partition coefficient (Wildman–Crippen LogP) is 0.462. The number of nitrogens with zero attached hydrogens (tertiary/aromatic N) is 2. The lowest BCUT2D eigenvalue weighted by atomic mass is 10.0. The summed E-state index contributed by atoms with van der Waals surface area (Å²) in [5.41, 5.74) is 0.282. The Hall–Kier alpha value is -1.93. The third-order valence-corrected chi connectivity index (χ3v) is 7.18. The van der Waals surface area contributed by atoms with Crippen molar-refractivity contribution in [3.05, 3.63) is 29.8 Å². The van der Waals surface area contributed by atoms with Gasteiger partial charge < -0.3 is 14.8 Å². The van der Waals surface area contributed by atoms with Gasteiger partial charge in [0, 0.05) is 25.2 Å². The summed E-state index contributed by atoms with van der Waals surface area (Å²) in [4.78, 5) is 25.1. The van der Waals surface area contributed by atoms with E-state index in [0.29, 0.717) is 38.4 Å². The second kappa shape index (κ2) is 7.36. The molecule has 0 aliphatic carbocycles. The van der Waals surface area contributed by atoms with Crippen LogP contribution in [0.25, 0.3) is 0 Å². The molecule has 0 bridgehead atoms. The topological polar surface area (TPSA) is 97.8 Å². The Labute approximate surface area is 153 Å². The van der Waals surface area contributed by atoms with Crippen molar-refractivity contribution in [2.45, 2.75) is 43.5 Å². The summed E-state index contributed by atoms with van der Waals surface area (Å²) in [6, 6.07) is 4.83. The number of carboxylic acid groups (broad SMARTS) is 1. The van der Waals surface area contributed by atoms with E-state index in [0.717, 1.165) is 12.8 Å². The molecule has 0 spiro atoms. The number of hydrogen-bond donors (Lipinski definition) is 0. The van der Waals surface area contributed by atoms with Gasteiger partial charge in [0.2, 0.25) is 10.0 Å². The van der Waals surface area contributed by atoms with Gasteiger partial charge in [0.1, 0.15) is 0 Å². The Morgan fingerprint density at radius 2 is 1.65 bits per heavy atom. The molecule has 2 aliphatic heterocycles. The highest BCUT2D eigenvalue weighted by Crippen LogP contribution is 2.25. The van der Waals surface area contributed by atoms with Crippen LogP contribution in [0.4, 0.5) is 0 Å². The molecule has 142 valence electrons. The van der Waals surface area contributed by atoms with E-state index in [1.54, 1.807) is 0 Å². The van der Waals surface area contributed by atoms with E-state index in [1.807, 2.05) is 0 Å². The van der Waals surface area contributed by atoms with Crippen molar-refractivity contribution in [3.63, 3.8) is 0 Å². The number of sulfonamides is 1. The van der Waals surface area contributed by atoms with Crippen LogP contribution in [0.2, 0.25) is 0 Å². The lowest BCUT2D eigenvalue weighted by Gasteiger charge is -2.29. The number of piperidine rings is 1. The van der Waals surface area contributed by atoms with Crippen molar-refractivity contribution in [3.8, 4) is 0 Å². The standard InChI is InChI=1S/C18H24N2O5S/c1-13-8-11-19(12-9-13)26(24,25)15-6-4-14(5-7-15)17(21)20-10-2-3-16(20)18(22)23/h4-7,13,16H,2-3,8-12H2,1H3,(H,22,23)/p-1/t16-/m0/s1. The molecule has 0 aromatic heterocycles. The number of benzene rings is 1. The fourth-order valence-corrected chi connectivity index (χ4v) is 5.03. The maximum Gasteiger partial charge on any atom is 0.254 e. The van der Waals surface area contributed by atoms with Gasteiger partial charge in [-0.1, -0.05) is 6.92 Å². The zero-order valence-corrected chi connectivity index (χ0v) is 15.6. The van der Waals surface area contributed by atoms with E-state index < -0.39 is 27.9 Å². The lowest BCUT2D eigenvalue weighted by Crippen LogP contribution is -2.47. The monoisotopic (exact) mass is 379 g/mol. The van der Waals surface area contributed by atoms with Crippen molar-refractivity contribution in [2.24, 2.45) is 5.92 Å². The molecule has 0 radical (unpaired) electrons.